The molecule has 0 heterocycles. The Kier molecular flexibility index (Phi) is 7.34. The fraction of sp³-hybridized carbons (Fsp3) is 0.667. The summed E-state index contributed by atoms with van der Waals surface area (Å²) in [6.07, 6.45) is 4.63. The molecule has 0 saturated heterocycles. The van der Waals surface area contributed by atoms with Crippen LogP contribution in [0.2, 0.25) is 0 Å². The van der Waals surface area contributed by atoms with Crippen LogP contribution >= 0.6 is 0 Å². The first-order valence-electron chi connectivity index (χ1n) is 3.05. The predicted molar refractivity (Wildman–Crippen MR) is 37.8 cm³/mol. The average Bonchev–Trinajstić information content (AvgIpc) is 1.97. The van der Waals surface area contributed by atoms with E-state index in [0.29, 0.717) is 26.3 Å². The summed E-state index contributed by atoms with van der Waals surface area (Å²) in [6.45, 7) is 1.79. The van der Waals surface area contributed by atoms with Crippen molar-refractivity contribution in [3.63, 3.8) is 0 Å². The molecule has 0 bridgehead atoms. The molecule has 10 heavy (non-hydrogen) atoms. The minimum Gasteiger partial charge on any atom is -0.443 e. The van der Waals surface area contributed by atoms with Crippen LogP contribution in [0, 0.1) is 12.2 Å². The largest absolute Gasteiger partial charge is 0.443 e. The SMILES string of the molecule is NCCOC#COCCN. The molecular weight excluding hydrogens is 132 g/mol. The number of rotatable bonds is 4. The standard InChI is InChI=1S/C6H12N2O2/c7-1-3-9-5-6-10-4-2-8/h1-4,7-8H2. The molecule has 0 aliphatic heterocycles. The Labute approximate surface area is 60.5 Å². The minimum absolute atomic E-state index is 0.430. The Morgan fingerprint density at radius 1 is 0.900 bits per heavy atom. The zero-order valence-electron chi connectivity index (χ0n) is 5.80. The second-order valence-corrected chi connectivity index (χ2v) is 1.48. The maximum atomic E-state index is 5.12. The lowest BCUT2D eigenvalue weighted by Gasteiger charge is -1.91. The van der Waals surface area contributed by atoms with Crippen molar-refractivity contribution in [2.24, 2.45) is 11.5 Å². The van der Waals surface area contributed by atoms with Crippen LogP contribution in [0.15, 0.2) is 0 Å². The van der Waals surface area contributed by atoms with Gasteiger partial charge in [-0.15, -0.1) is 0 Å². The highest BCUT2D eigenvalue weighted by molar-refractivity contribution is 4.80. The van der Waals surface area contributed by atoms with E-state index in [4.69, 9.17) is 11.5 Å². The molecule has 4 heteroatoms. The Morgan fingerprint density at radius 2 is 1.30 bits per heavy atom. The Bertz CT molecular complexity index is 105. The molecule has 0 rings (SSSR count). The second-order valence-electron chi connectivity index (χ2n) is 1.48. The van der Waals surface area contributed by atoms with Crippen molar-refractivity contribution in [2.45, 2.75) is 0 Å². The summed E-state index contributed by atoms with van der Waals surface area (Å²) >= 11 is 0. The molecule has 0 aromatic rings. The summed E-state index contributed by atoms with van der Waals surface area (Å²) in [5.74, 6) is 0. The van der Waals surface area contributed by atoms with E-state index in [1.54, 1.807) is 0 Å². The third-order valence-corrected chi connectivity index (χ3v) is 0.626. The molecule has 0 aromatic heterocycles. The highest BCUT2D eigenvalue weighted by Gasteiger charge is 1.75. The van der Waals surface area contributed by atoms with Crippen molar-refractivity contribution in [2.75, 3.05) is 26.3 Å². The zero-order chi connectivity index (χ0) is 7.66. The van der Waals surface area contributed by atoms with Crippen molar-refractivity contribution in [3.8, 4) is 12.2 Å². The fourth-order valence-corrected chi connectivity index (χ4v) is 0.279. The molecule has 0 unspecified atom stereocenters. The topological polar surface area (TPSA) is 70.5 Å². The average molecular weight is 144 g/mol. The second kappa shape index (κ2) is 8.08. The maximum Gasteiger partial charge on any atom is 0.155 e. The van der Waals surface area contributed by atoms with Gasteiger partial charge in [0, 0.05) is 13.1 Å². The predicted octanol–water partition coefficient (Wildman–Crippen LogP) is -1.14. The van der Waals surface area contributed by atoms with Crippen LogP contribution in [-0.4, -0.2) is 26.3 Å². The van der Waals surface area contributed by atoms with Gasteiger partial charge in [-0.1, -0.05) is 0 Å². The third-order valence-electron chi connectivity index (χ3n) is 0.626. The van der Waals surface area contributed by atoms with E-state index in [1.165, 1.54) is 0 Å². The van der Waals surface area contributed by atoms with Crippen LogP contribution in [0.25, 0.3) is 0 Å². The fourth-order valence-electron chi connectivity index (χ4n) is 0.279. The Morgan fingerprint density at radius 3 is 1.60 bits per heavy atom. The molecular formula is C6H12N2O2. The molecule has 0 saturated carbocycles. The number of hydrogen-bond acceptors (Lipinski definition) is 4. The Balaban J connectivity index is 2.98. The zero-order valence-corrected chi connectivity index (χ0v) is 5.80. The van der Waals surface area contributed by atoms with Gasteiger partial charge in [-0.05, 0) is 0 Å². The van der Waals surface area contributed by atoms with Crippen LogP contribution < -0.4 is 11.5 Å². The van der Waals surface area contributed by atoms with E-state index < -0.39 is 0 Å². The quantitative estimate of drug-likeness (QED) is 0.386. The van der Waals surface area contributed by atoms with Gasteiger partial charge in [-0.2, -0.15) is 0 Å². The van der Waals surface area contributed by atoms with Crippen LogP contribution in [0.3, 0.4) is 0 Å². The van der Waals surface area contributed by atoms with Gasteiger partial charge in [0.2, 0.25) is 0 Å². The van der Waals surface area contributed by atoms with Gasteiger partial charge < -0.3 is 20.9 Å². The van der Waals surface area contributed by atoms with Crippen LogP contribution in [0.1, 0.15) is 0 Å². The molecule has 4 nitrogen and oxygen atoms in total. The van der Waals surface area contributed by atoms with Crippen LogP contribution in [0.4, 0.5) is 0 Å². The molecule has 4 N–H and O–H groups in total. The van der Waals surface area contributed by atoms with Crippen LogP contribution in [0.5, 0.6) is 0 Å². The van der Waals surface area contributed by atoms with Gasteiger partial charge in [0.05, 0.1) is 0 Å². The minimum atomic E-state index is 0.430. The van der Waals surface area contributed by atoms with Gasteiger partial charge in [-0.3, -0.25) is 0 Å². The Hall–Kier alpha value is -0.920. The van der Waals surface area contributed by atoms with Gasteiger partial charge in [0.1, 0.15) is 13.2 Å². The van der Waals surface area contributed by atoms with E-state index in [0.717, 1.165) is 0 Å². The molecule has 0 amide bonds. The highest BCUT2D eigenvalue weighted by atomic mass is 16.5. The smallest absolute Gasteiger partial charge is 0.155 e. The molecule has 0 atom stereocenters. The summed E-state index contributed by atoms with van der Waals surface area (Å²) < 4.78 is 9.35. The number of hydrogen-bond donors (Lipinski definition) is 2. The molecule has 0 aromatic carbocycles. The number of ether oxygens (including phenoxy) is 2. The first kappa shape index (κ1) is 9.08. The van der Waals surface area contributed by atoms with E-state index in [2.05, 4.69) is 21.7 Å². The molecule has 0 aliphatic rings. The van der Waals surface area contributed by atoms with Gasteiger partial charge >= 0.3 is 0 Å². The lowest BCUT2D eigenvalue weighted by molar-refractivity contribution is 0.257. The highest BCUT2D eigenvalue weighted by Crippen LogP contribution is 1.68. The van der Waals surface area contributed by atoms with Crippen molar-refractivity contribution in [1.29, 1.82) is 0 Å². The maximum absolute atomic E-state index is 5.12. The van der Waals surface area contributed by atoms with Gasteiger partial charge in [0.25, 0.3) is 0 Å². The van der Waals surface area contributed by atoms with Crippen molar-refractivity contribution in [1.82, 2.24) is 0 Å². The molecule has 0 radical (unpaired) electrons. The summed E-state index contributed by atoms with van der Waals surface area (Å²) in [7, 11) is 0. The molecule has 0 spiro atoms. The normalized spacial score (nSPS) is 7.80. The first-order valence-corrected chi connectivity index (χ1v) is 3.05. The monoisotopic (exact) mass is 144 g/mol. The van der Waals surface area contributed by atoms with Crippen LogP contribution in [-0.2, 0) is 9.47 Å². The first-order chi connectivity index (χ1) is 4.91. The lowest BCUT2D eigenvalue weighted by atomic mass is 10.7. The van der Waals surface area contributed by atoms with E-state index in [1.807, 2.05) is 0 Å². The van der Waals surface area contributed by atoms with Crippen molar-refractivity contribution < 1.29 is 9.47 Å². The van der Waals surface area contributed by atoms with Crippen molar-refractivity contribution >= 4 is 0 Å². The van der Waals surface area contributed by atoms with Gasteiger partial charge in [-0.25, -0.2) is 0 Å². The van der Waals surface area contributed by atoms with E-state index >= 15 is 0 Å². The molecule has 0 fully saturated rings. The summed E-state index contributed by atoms with van der Waals surface area (Å²) in [5, 5.41) is 0. The molecule has 58 valence electrons. The summed E-state index contributed by atoms with van der Waals surface area (Å²) in [6, 6.07) is 0. The van der Waals surface area contributed by atoms with Crippen molar-refractivity contribution in [3.05, 3.63) is 0 Å². The number of nitrogens with two attached hydrogens (primary N) is 2. The molecule has 0 aliphatic carbocycles. The summed E-state index contributed by atoms with van der Waals surface area (Å²) in [5.41, 5.74) is 10.2. The van der Waals surface area contributed by atoms with E-state index in [-0.39, 0.29) is 0 Å². The van der Waals surface area contributed by atoms with E-state index in [9.17, 15) is 0 Å². The lowest BCUT2D eigenvalue weighted by Crippen LogP contribution is -2.06. The summed E-state index contributed by atoms with van der Waals surface area (Å²) in [4.78, 5) is 0. The van der Waals surface area contributed by atoms with Gasteiger partial charge in [0.15, 0.2) is 12.2 Å². The third kappa shape index (κ3) is 7.08.